The minimum Gasteiger partial charge on any atom is -0.497 e. The summed E-state index contributed by atoms with van der Waals surface area (Å²) in [5.74, 6) is 0.456. The zero-order valence-corrected chi connectivity index (χ0v) is 20.5. The molecule has 0 heterocycles. The second kappa shape index (κ2) is 11.4. The highest BCUT2D eigenvalue weighted by Gasteiger charge is 2.29. The Morgan fingerprint density at radius 1 is 1.08 bits per heavy atom. The van der Waals surface area contributed by atoms with Crippen molar-refractivity contribution in [1.82, 2.24) is 0 Å². The first-order chi connectivity index (χ1) is 17.1. The first kappa shape index (κ1) is 26.2. The predicted octanol–water partition coefficient (Wildman–Crippen LogP) is 4.31. The number of nitro benzene ring substituents is 1. The highest BCUT2D eigenvalue weighted by atomic mass is 32.2. The molecule has 1 amide bonds. The first-order valence-electron chi connectivity index (χ1n) is 10.7. The average Bonchev–Trinajstić information content (AvgIpc) is 2.87. The van der Waals surface area contributed by atoms with Crippen molar-refractivity contribution in [3.63, 3.8) is 0 Å². The van der Waals surface area contributed by atoms with Crippen LogP contribution in [0.2, 0.25) is 0 Å². The van der Waals surface area contributed by atoms with Gasteiger partial charge in [-0.1, -0.05) is 18.7 Å². The molecule has 0 fully saturated rings. The quantitative estimate of drug-likeness (QED) is 0.231. The zero-order valence-electron chi connectivity index (χ0n) is 19.7. The highest BCUT2D eigenvalue weighted by Crippen LogP contribution is 2.29. The van der Waals surface area contributed by atoms with Crippen LogP contribution in [0.1, 0.15) is 5.56 Å². The summed E-state index contributed by atoms with van der Waals surface area (Å²) >= 11 is 0. The van der Waals surface area contributed by atoms with E-state index in [1.54, 1.807) is 42.5 Å². The van der Waals surface area contributed by atoms with E-state index in [-0.39, 0.29) is 16.3 Å². The first-order valence-corrected chi connectivity index (χ1v) is 12.1. The van der Waals surface area contributed by atoms with Crippen LogP contribution in [-0.2, 0) is 14.8 Å². The number of nitrogens with one attached hydrogen (secondary N) is 1. The maximum absolute atomic E-state index is 13.6. The maximum Gasteiger partial charge on any atom is 0.273 e. The molecule has 3 aromatic carbocycles. The molecule has 11 heteroatoms. The van der Waals surface area contributed by atoms with Gasteiger partial charge in [-0.05, 0) is 61.5 Å². The van der Waals surface area contributed by atoms with Crippen molar-refractivity contribution in [2.75, 3.05) is 29.9 Å². The number of rotatable bonds is 11. The lowest BCUT2D eigenvalue weighted by molar-refractivity contribution is -0.385. The van der Waals surface area contributed by atoms with E-state index >= 15 is 0 Å². The van der Waals surface area contributed by atoms with Gasteiger partial charge in [0.25, 0.3) is 15.7 Å². The summed E-state index contributed by atoms with van der Waals surface area (Å²) in [5.41, 5.74) is 0.591. The number of carbonyl (C=O) groups excluding carboxylic acids is 1. The number of amides is 1. The van der Waals surface area contributed by atoms with Gasteiger partial charge in [0.05, 0.1) is 22.6 Å². The van der Waals surface area contributed by atoms with Crippen molar-refractivity contribution in [3.05, 3.63) is 95.1 Å². The van der Waals surface area contributed by atoms with Gasteiger partial charge in [-0.15, -0.1) is 0 Å². The summed E-state index contributed by atoms with van der Waals surface area (Å²) < 4.78 is 38.6. The van der Waals surface area contributed by atoms with Crippen LogP contribution in [0.4, 0.5) is 17.1 Å². The van der Waals surface area contributed by atoms with Crippen LogP contribution in [-0.4, -0.2) is 39.5 Å². The number of hydrogen-bond donors (Lipinski definition) is 1. The van der Waals surface area contributed by atoms with Crippen LogP contribution in [0.25, 0.3) is 0 Å². The molecule has 0 bridgehead atoms. The van der Waals surface area contributed by atoms with E-state index in [1.807, 2.05) is 0 Å². The van der Waals surface area contributed by atoms with Crippen LogP contribution in [0.5, 0.6) is 11.5 Å². The fourth-order valence-corrected chi connectivity index (χ4v) is 4.70. The fraction of sp³-hybridized carbons (Fsp3) is 0.160. The number of nitro groups is 1. The van der Waals surface area contributed by atoms with Crippen LogP contribution in [0.3, 0.4) is 0 Å². The number of carbonyl (C=O) groups is 1. The van der Waals surface area contributed by atoms with Gasteiger partial charge in [0.2, 0.25) is 5.91 Å². The molecule has 3 rings (SSSR count). The third-order valence-electron chi connectivity index (χ3n) is 5.12. The molecular formula is C25H25N3O7S. The average molecular weight is 512 g/mol. The second-order valence-electron chi connectivity index (χ2n) is 7.59. The van der Waals surface area contributed by atoms with E-state index in [0.29, 0.717) is 29.4 Å². The molecule has 0 unspecified atom stereocenters. The van der Waals surface area contributed by atoms with E-state index in [1.165, 1.54) is 38.3 Å². The Bertz CT molecular complexity index is 1360. The van der Waals surface area contributed by atoms with Crippen molar-refractivity contribution in [1.29, 1.82) is 0 Å². The van der Waals surface area contributed by atoms with Crippen molar-refractivity contribution in [2.45, 2.75) is 11.8 Å². The topological polar surface area (TPSA) is 128 Å². The minimum atomic E-state index is -4.35. The molecule has 36 heavy (non-hydrogen) atoms. The number of ether oxygens (including phenoxy) is 2. The third-order valence-corrected chi connectivity index (χ3v) is 6.89. The van der Waals surface area contributed by atoms with E-state index in [9.17, 15) is 23.3 Å². The summed E-state index contributed by atoms with van der Waals surface area (Å²) in [5, 5.41) is 14.0. The molecule has 0 aromatic heterocycles. The molecule has 0 radical (unpaired) electrons. The molecule has 0 aliphatic carbocycles. The van der Waals surface area contributed by atoms with Gasteiger partial charge in [-0.25, -0.2) is 8.42 Å². The molecule has 0 saturated heterocycles. The Kier molecular flexibility index (Phi) is 8.28. The van der Waals surface area contributed by atoms with Crippen LogP contribution in [0, 0.1) is 17.0 Å². The molecule has 3 aromatic rings. The monoisotopic (exact) mass is 511 g/mol. The smallest absolute Gasteiger partial charge is 0.273 e. The van der Waals surface area contributed by atoms with Gasteiger partial charge in [-0.2, -0.15) is 0 Å². The highest BCUT2D eigenvalue weighted by molar-refractivity contribution is 7.92. The van der Waals surface area contributed by atoms with Gasteiger partial charge in [0, 0.05) is 17.3 Å². The van der Waals surface area contributed by atoms with Gasteiger partial charge >= 0.3 is 0 Å². The minimum absolute atomic E-state index is 0.183. The molecule has 0 aliphatic heterocycles. The number of hydrogen-bond acceptors (Lipinski definition) is 7. The van der Waals surface area contributed by atoms with Crippen molar-refractivity contribution in [3.8, 4) is 11.5 Å². The van der Waals surface area contributed by atoms with Gasteiger partial charge in [0.15, 0.2) is 0 Å². The number of nitrogens with zero attached hydrogens (tertiary/aromatic N) is 2. The molecule has 0 aliphatic rings. The summed E-state index contributed by atoms with van der Waals surface area (Å²) in [6.07, 6.45) is 1.60. The largest absolute Gasteiger partial charge is 0.497 e. The molecule has 188 valence electrons. The zero-order chi connectivity index (χ0) is 26.3. The summed E-state index contributed by atoms with van der Waals surface area (Å²) in [6, 6.07) is 16.2. The number of anilines is 2. The molecule has 10 nitrogen and oxygen atoms in total. The molecular weight excluding hydrogens is 486 g/mol. The Labute approximate surface area is 209 Å². The standard InChI is InChI=1S/C25H25N3O7S/c1-4-15-35-22-10-6-19(7-11-22)26-25(29)17-27(20-8-12-21(34-3)13-9-20)36(32,33)23-14-5-18(2)24(16-23)28(30)31/h4-14,16H,1,15,17H2,2-3H3,(H,26,29). The Balaban J connectivity index is 1.92. The Morgan fingerprint density at radius 2 is 1.72 bits per heavy atom. The normalized spacial score (nSPS) is 10.8. The maximum atomic E-state index is 13.6. The lowest BCUT2D eigenvalue weighted by Gasteiger charge is -2.24. The third kappa shape index (κ3) is 6.19. The Hall–Kier alpha value is -4.38. The van der Waals surface area contributed by atoms with Crippen molar-refractivity contribution >= 4 is 33.0 Å². The SMILES string of the molecule is C=CCOc1ccc(NC(=O)CN(c2ccc(OC)cc2)S(=O)(=O)c2ccc(C)c([N+](=O)[O-])c2)cc1. The van der Waals surface area contributed by atoms with Gasteiger partial charge in [0.1, 0.15) is 24.7 Å². The van der Waals surface area contributed by atoms with Crippen LogP contribution < -0.4 is 19.1 Å². The van der Waals surface area contributed by atoms with Gasteiger partial charge < -0.3 is 14.8 Å². The number of methoxy groups -OCH3 is 1. The summed E-state index contributed by atoms with van der Waals surface area (Å²) in [7, 11) is -2.88. The van der Waals surface area contributed by atoms with E-state index in [2.05, 4.69) is 11.9 Å². The Morgan fingerprint density at radius 3 is 2.31 bits per heavy atom. The summed E-state index contributed by atoms with van der Waals surface area (Å²) in [6.45, 7) is 4.84. The van der Waals surface area contributed by atoms with Crippen molar-refractivity contribution in [2.24, 2.45) is 0 Å². The number of sulfonamides is 1. The summed E-state index contributed by atoms with van der Waals surface area (Å²) in [4.78, 5) is 23.3. The lowest BCUT2D eigenvalue weighted by Crippen LogP contribution is -2.38. The second-order valence-corrected chi connectivity index (χ2v) is 9.45. The van der Waals surface area contributed by atoms with E-state index in [4.69, 9.17) is 9.47 Å². The van der Waals surface area contributed by atoms with Crippen molar-refractivity contribution < 1.29 is 27.6 Å². The number of benzene rings is 3. The fourth-order valence-electron chi connectivity index (χ4n) is 3.26. The van der Waals surface area contributed by atoms with Gasteiger partial charge in [-0.3, -0.25) is 19.2 Å². The predicted molar refractivity (Wildman–Crippen MR) is 136 cm³/mol. The van der Waals surface area contributed by atoms with Crippen LogP contribution >= 0.6 is 0 Å². The number of aryl methyl sites for hydroxylation is 1. The molecule has 0 atom stereocenters. The molecule has 0 saturated carbocycles. The lowest BCUT2D eigenvalue weighted by atomic mass is 10.2. The van der Waals surface area contributed by atoms with E-state index in [0.717, 1.165) is 10.4 Å². The van der Waals surface area contributed by atoms with E-state index < -0.39 is 27.4 Å². The molecule has 0 spiro atoms. The van der Waals surface area contributed by atoms with Crippen LogP contribution in [0.15, 0.2) is 84.3 Å². The molecule has 1 N–H and O–H groups in total.